The van der Waals surface area contributed by atoms with Gasteiger partial charge in [0.05, 0.1) is 12.8 Å². The Morgan fingerprint density at radius 3 is 2.48 bits per heavy atom. The quantitative estimate of drug-likeness (QED) is 0.774. The molecule has 0 atom stereocenters. The number of furan rings is 1. The molecule has 1 N–H and O–H groups in total. The summed E-state index contributed by atoms with van der Waals surface area (Å²) < 4.78 is 5.17. The van der Waals surface area contributed by atoms with Gasteiger partial charge in [0.1, 0.15) is 0 Å². The second-order valence-electron chi connectivity index (χ2n) is 6.62. The highest BCUT2D eigenvalue weighted by atomic mass is 16.3. The van der Waals surface area contributed by atoms with E-state index in [1.165, 1.54) is 6.26 Å². The summed E-state index contributed by atoms with van der Waals surface area (Å²) in [5.41, 5.74) is 0.824. The molecule has 1 aliphatic heterocycles. The molecule has 138 valence electrons. The minimum Gasteiger partial charge on any atom is -0.459 e. The number of anilines is 1. The molecule has 0 unspecified atom stereocenters. The number of nitrogens with zero attached hydrogens (tertiary/aromatic N) is 2. The molecule has 6 nitrogen and oxygen atoms in total. The molecule has 2 heterocycles. The summed E-state index contributed by atoms with van der Waals surface area (Å²) in [5, 5.41) is 5.14. The summed E-state index contributed by atoms with van der Waals surface area (Å²) in [6, 6.07) is 17.2. The molecular formula is C21H21N3O3. The monoisotopic (exact) mass is 363 g/mol. The molecule has 0 spiro atoms. The minimum atomic E-state index is -0.0974. The Hall–Kier alpha value is -3.12. The van der Waals surface area contributed by atoms with Crippen molar-refractivity contribution in [2.24, 2.45) is 0 Å². The summed E-state index contributed by atoms with van der Waals surface area (Å²) in [7, 11) is 0. The lowest BCUT2D eigenvalue weighted by Crippen LogP contribution is -2.50. The van der Waals surface area contributed by atoms with Crippen molar-refractivity contribution in [3.63, 3.8) is 0 Å². The van der Waals surface area contributed by atoms with Crippen LogP contribution in [0.2, 0.25) is 0 Å². The second-order valence-corrected chi connectivity index (χ2v) is 6.62. The molecule has 27 heavy (non-hydrogen) atoms. The van der Waals surface area contributed by atoms with Gasteiger partial charge in [-0.05, 0) is 23.6 Å². The summed E-state index contributed by atoms with van der Waals surface area (Å²) in [6.45, 7) is 2.80. The molecule has 6 heteroatoms. The third kappa shape index (κ3) is 3.85. The van der Waals surface area contributed by atoms with Crippen LogP contribution in [-0.4, -0.2) is 54.3 Å². The highest BCUT2D eigenvalue weighted by Gasteiger charge is 2.24. The van der Waals surface area contributed by atoms with Crippen LogP contribution in [-0.2, 0) is 4.79 Å². The topological polar surface area (TPSA) is 65.8 Å². The van der Waals surface area contributed by atoms with Crippen LogP contribution in [0.25, 0.3) is 10.8 Å². The molecule has 2 aromatic carbocycles. The lowest BCUT2D eigenvalue weighted by Gasteiger charge is -2.33. The van der Waals surface area contributed by atoms with Gasteiger partial charge >= 0.3 is 0 Å². The SMILES string of the molecule is O=C(CN1CCN(C(=O)c2ccco2)CC1)Nc1cccc2ccccc12. The largest absolute Gasteiger partial charge is 0.459 e. The summed E-state index contributed by atoms with van der Waals surface area (Å²) in [4.78, 5) is 28.6. The summed E-state index contributed by atoms with van der Waals surface area (Å²) in [5.74, 6) is 0.217. The van der Waals surface area contributed by atoms with Crippen molar-refractivity contribution in [1.82, 2.24) is 9.80 Å². The maximum Gasteiger partial charge on any atom is 0.289 e. The minimum absolute atomic E-state index is 0.0443. The maximum atomic E-state index is 12.5. The fourth-order valence-electron chi connectivity index (χ4n) is 3.39. The van der Waals surface area contributed by atoms with E-state index in [1.807, 2.05) is 42.5 Å². The molecule has 1 aromatic heterocycles. The molecule has 0 bridgehead atoms. The molecule has 4 rings (SSSR count). The van der Waals surface area contributed by atoms with Crippen LogP contribution in [0.4, 0.5) is 5.69 Å². The first-order valence-electron chi connectivity index (χ1n) is 9.03. The van der Waals surface area contributed by atoms with Gasteiger partial charge in [0.25, 0.3) is 5.91 Å². The number of carbonyl (C=O) groups excluding carboxylic acids is 2. The molecule has 2 amide bonds. The Balaban J connectivity index is 1.32. The number of hydrogen-bond donors (Lipinski definition) is 1. The molecule has 0 aliphatic carbocycles. The van der Waals surface area contributed by atoms with E-state index < -0.39 is 0 Å². The smallest absolute Gasteiger partial charge is 0.289 e. The predicted molar refractivity (Wildman–Crippen MR) is 104 cm³/mol. The zero-order chi connectivity index (χ0) is 18.6. The molecule has 1 saturated heterocycles. The van der Waals surface area contributed by atoms with E-state index in [-0.39, 0.29) is 11.8 Å². The van der Waals surface area contributed by atoms with Crippen molar-refractivity contribution in [2.75, 3.05) is 38.0 Å². The van der Waals surface area contributed by atoms with E-state index in [0.717, 1.165) is 16.5 Å². The van der Waals surface area contributed by atoms with E-state index in [0.29, 0.717) is 38.5 Å². The third-order valence-electron chi connectivity index (χ3n) is 4.82. The van der Waals surface area contributed by atoms with Gasteiger partial charge in [0.15, 0.2) is 5.76 Å². The average molecular weight is 363 g/mol. The van der Waals surface area contributed by atoms with Crippen molar-refractivity contribution in [2.45, 2.75) is 0 Å². The molecule has 3 aromatic rings. The maximum absolute atomic E-state index is 12.5. The average Bonchev–Trinajstić information content (AvgIpc) is 3.23. The van der Waals surface area contributed by atoms with Crippen LogP contribution in [0.15, 0.2) is 65.3 Å². The lowest BCUT2D eigenvalue weighted by atomic mass is 10.1. The molecular weight excluding hydrogens is 342 g/mol. The predicted octanol–water partition coefficient (Wildman–Crippen LogP) is 2.83. The van der Waals surface area contributed by atoms with Crippen molar-refractivity contribution in [3.8, 4) is 0 Å². The Labute approximate surface area is 157 Å². The van der Waals surface area contributed by atoms with Crippen LogP contribution >= 0.6 is 0 Å². The number of piperazine rings is 1. The van der Waals surface area contributed by atoms with Crippen LogP contribution in [0.1, 0.15) is 10.6 Å². The Bertz CT molecular complexity index is 939. The van der Waals surface area contributed by atoms with E-state index >= 15 is 0 Å². The van der Waals surface area contributed by atoms with Gasteiger partial charge in [0.2, 0.25) is 5.91 Å². The normalized spacial score (nSPS) is 15.0. The number of hydrogen-bond acceptors (Lipinski definition) is 4. The molecule has 0 radical (unpaired) electrons. The Kier molecular flexibility index (Phi) is 4.89. The number of benzene rings is 2. The van der Waals surface area contributed by atoms with E-state index in [1.54, 1.807) is 17.0 Å². The first-order chi connectivity index (χ1) is 13.2. The highest BCUT2D eigenvalue weighted by molar-refractivity contribution is 6.02. The van der Waals surface area contributed by atoms with Gasteiger partial charge in [0, 0.05) is 37.3 Å². The fraction of sp³-hybridized carbons (Fsp3) is 0.238. The van der Waals surface area contributed by atoms with Crippen molar-refractivity contribution in [1.29, 1.82) is 0 Å². The zero-order valence-corrected chi connectivity index (χ0v) is 14.9. The van der Waals surface area contributed by atoms with E-state index in [2.05, 4.69) is 10.2 Å². The molecule has 1 aliphatic rings. The molecule has 0 saturated carbocycles. The zero-order valence-electron chi connectivity index (χ0n) is 14.9. The number of rotatable bonds is 4. The van der Waals surface area contributed by atoms with Crippen molar-refractivity contribution >= 4 is 28.3 Å². The Morgan fingerprint density at radius 2 is 1.70 bits per heavy atom. The standard InChI is InChI=1S/C21H21N3O3/c25-20(22-18-8-3-6-16-5-1-2-7-17(16)18)15-23-10-12-24(13-11-23)21(26)19-9-4-14-27-19/h1-9,14H,10-13,15H2,(H,22,25). The number of carbonyl (C=O) groups is 2. The molecule has 1 fully saturated rings. The van der Waals surface area contributed by atoms with Gasteiger partial charge < -0.3 is 14.6 Å². The lowest BCUT2D eigenvalue weighted by molar-refractivity contribution is -0.117. The van der Waals surface area contributed by atoms with E-state index in [9.17, 15) is 9.59 Å². The van der Waals surface area contributed by atoms with E-state index in [4.69, 9.17) is 4.42 Å². The van der Waals surface area contributed by atoms with Gasteiger partial charge in [-0.1, -0.05) is 36.4 Å². The van der Waals surface area contributed by atoms with Gasteiger partial charge in [-0.15, -0.1) is 0 Å². The van der Waals surface area contributed by atoms with Gasteiger partial charge in [-0.2, -0.15) is 0 Å². The van der Waals surface area contributed by atoms with Crippen molar-refractivity contribution < 1.29 is 14.0 Å². The third-order valence-corrected chi connectivity index (χ3v) is 4.82. The van der Waals surface area contributed by atoms with Crippen LogP contribution in [0, 0.1) is 0 Å². The highest BCUT2D eigenvalue weighted by Crippen LogP contribution is 2.22. The van der Waals surface area contributed by atoms with Crippen LogP contribution in [0.5, 0.6) is 0 Å². The number of nitrogens with one attached hydrogen (secondary N) is 1. The first kappa shape index (κ1) is 17.3. The fourth-order valence-corrected chi connectivity index (χ4v) is 3.39. The van der Waals surface area contributed by atoms with Crippen molar-refractivity contribution in [3.05, 3.63) is 66.6 Å². The first-order valence-corrected chi connectivity index (χ1v) is 9.03. The summed E-state index contributed by atoms with van der Waals surface area (Å²) >= 11 is 0. The van der Waals surface area contributed by atoms with Gasteiger partial charge in [-0.25, -0.2) is 0 Å². The number of fused-ring (bicyclic) bond motifs is 1. The Morgan fingerprint density at radius 1 is 0.926 bits per heavy atom. The van der Waals surface area contributed by atoms with Crippen LogP contribution < -0.4 is 5.32 Å². The van der Waals surface area contributed by atoms with Crippen LogP contribution in [0.3, 0.4) is 0 Å². The van der Waals surface area contributed by atoms with Gasteiger partial charge in [-0.3, -0.25) is 14.5 Å². The number of amides is 2. The second kappa shape index (κ2) is 7.63. The summed E-state index contributed by atoms with van der Waals surface area (Å²) in [6.07, 6.45) is 1.50.